The molecule has 0 unspecified atom stereocenters. The highest BCUT2D eigenvalue weighted by molar-refractivity contribution is 5.87. The minimum Gasteiger partial charge on any atom is -0.493 e. The molecule has 0 heterocycles. The van der Waals surface area contributed by atoms with Crippen LogP contribution in [-0.4, -0.2) is 38.9 Å². The van der Waals surface area contributed by atoms with E-state index in [1.165, 1.54) is 57.4 Å². The predicted octanol–water partition coefficient (Wildman–Crippen LogP) is 7.70. The summed E-state index contributed by atoms with van der Waals surface area (Å²) < 4.78 is 22.0. The summed E-state index contributed by atoms with van der Waals surface area (Å²) in [5.74, 6) is 2.20. The number of benzene rings is 1. The van der Waals surface area contributed by atoms with E-state index in [0.717, 1.165) is 49.5 Å². The smallest absolute Gasteiger partial charge is 0.333 e. The van der Waals surface area contributed by atoms with Crippen LogP contribution in [0.15, 0.2) is 36.4 Å². The van der Waals surface area contributed by atoms with Gasteiger partial charge in [0.25, 0.3) is 0 Å². The molecule has 0 saturated heterocycles. The molecule has 1 saturated carbocycles. The van der Waals surface area contributed by atoms with Gasteiger partial charge in [0.2, 0.25) is 0 Å². The molecule has 2 rings (SSSR count). The maximum absolute atomic E-state index is 12.1. The van der Waals surface area contributed by atoms with Crippen LogP contribution in [0, 0.1) is 11.8 Å². The van der Waals surface area contributed by atoms with Crippen LogP contribution in [0.2, 0.25) is 0 Å². The van der Waals surface area contributed by atoms with Crippen molar-refractivity contribution in [2.24, 2.45) is 11.8 Å². The Labute approximate surface area is 229 Å². The van der Waals surface area contributed by atoms with E-state index < -0.39 is 0 Å². The zero-order valence-corrected chi connectivity index (χ0v) is 23.8. The molecule has 0 N–H and O–H groups in total. The molecule has 6 heteroatoms. The number of hydrogen-bond donors (Lipinski definition) is 0. The number of carbonyl (C=O) groups excluding carboxylic acids is 2. The molecule has 1 aliphatic rings. The maximum Gasteiger partial charge on any atom is 0.333 e. The van der Waals surface area contributed by atoms with Crippen LogP contribution < -0.4 is 9.47 Å². The Morgan fingerprint density at radius 1 is 0.921 bits per heavy atom. The number of methoxy groups -OCH3 is 1. The molecule has 1 aliphatic carbocycles. The molecule has 212 valence electrons. The Balaban J connectivity index is 1.64. The first-order chi connectivity index (χ1) is 18.4. The Hall–Kier alpha value is -2.76. The van der Waals surface area contributed by atoms with Crippen molar-refractivity contribution in [2.75, 3.05) is 26.9 Å². The fraction of sp³-hybridized carbons (Fsp3) is 0.625. The van der Waals surface area contributed by atoms with E-state index in [-0.39, 0.29) is 11.9 Å². The van der Waals surface area contributed by atoms with Crippen molar-refractivity contribution in [3.05, 3.63) is 42.0 Å². The van der Waals surface area contributed by atoms with Gasteiger partial charge < -0.3 is 18.9 Å². The number of hydrogen-bond acceptors (Lipinski definition) is 6. The van der Waals surface area contributed by atoms with Crippen LogP contribution in [0.3, 0.4) is 0 Å². The summed E-state index contributed by atoms with van der Waals surface area (Å²) in [5, 5.41) is 0. The SMILES string of the molecule is C=C(C)C(=O)OCCCCCCOC(=O)/C=C/c1ccc(OC[C@H]2CC[C@H](CCCCC)CC2)c(OC)c1. The van der Waals surface area contributed by atoms with Crippen molar-refractivity contribution in [1.29, 1.82) is 0 Å². The highest BCUT2D eigenvalue weighted by Crippen LogP contribution is 2.34. The van der Waals surface area contributed by atoms with Gasteiger partial charge in [0, 0.05) is 11.6 Å². The Morgan fingerprint density at radius 2 is 1.61 bits per heavy atom. The Bertz CT molecular complexity index is 882. The third-order valence-electron chi connectivity index (χ3n) is 7.12. The summed E-state index contributed by atoms with van der Waals surface area (Å²) in [6.45, 7) is 8.93. The third-order valence-corrected chi connectivity index (χ3v) is 7.12. The molecule has 0 bridgehead atoms. The fourth-order valence-electron chi connectivity index (χ4n) is 4.72. The van der Waals surface area contributed by atoms with Crippen LogP contribution in [-0.2, 0) is 19.1 Å². The molecular formula is C32H48O6. The summed E-state index contributed by atoms with van der Waals surface area (Å²) in [5.41, 5.74) is 1.26. The molecular weight excluding hydrogens is 480 g/mol. The average Bonchev–Trinajstić information content (AvgIpc) is 2.93. The zero-order valence-electron chi connectivity index (χ0n) is 23.8. The summed E-state index contributed by atoms with van der Waals surface area (Å²) in [6.07, 6.45) is 17.1. The van der Waals surface area contributed by atoms with Crippen LogP contribution in [0.1, 0.15) is 96.5 Å². The second kappa shape index (κ2) is 18.5. The van der Waals surface area contributed by atoms with Crippen LogP contribution >= 0.6 is 0 Å². The van der Waals surface area contributed by atoms with Gasteiger partial charge in [-0.3, -0.25) is 0 Å². The molecule has 1 fully saturated rings. The van der Waals surface area contributed by atoms with Gasteiger partial charge >= 0.3 is 11.9 Å². The fourth-order valence-corrected chi connectivity index (χ4v) is 4.72. The Morgan fingerprint density at radius 3 is 2.26 bits per heavy atom. The van der Waals surface area contributed by atoms with Crippen LogP contribution in [0.5, 0.6) is 11.5 Å². The van der Waals surface area contributed by atoms with Gasteiger partial charge in [0.15, 0.2) is 11.5 Å². The summed E-state index contributed by atoms with van der Waals surface area (Å²) >= 11 is 0. The molecule has 1 aromatic carbocycles. The highest BCUT2D eigenvalue weighted by Gasteiger charge is 2.21. The summed E-state index contributed by atoms with van der Waals surface area (Å²) in [4.78, 5) is 23.4. The van der Waals surface area contributed by atoms with Crippen molar-refractivity contribution in [1.82, 2.24) is 0 Å². The number of unbranched alkanes of at least 4 members (excludes halogenated alkanes) is 5. The second-order valence-electron chi connectivity index (χ2n) is 10.4. The van der Waals surface area contributed by atoms with Crippen molar-refractivity contribution in [3.63, 3.8) is 0 Å². The van der Waals surface area contributed by atoms with Gasteiger partial charge in [-0.2, -0.15) is 0 Å². The lowest BCUT2D eigenvalue weighted by Crippen LogP contribution is -2.20. The topological polar surface area (TPSA) is 71.1 Å². The first-order valence-corrected chi connectivity index (χ1v) is 14.4. The van der Waals surface area contributed by atoms with Crippen molar-refractivity contribution in [3.8, 4) is 11.5 Å². The first kappa shape index (κ1) is 31.5. The van der Waals surface area contributed by atoms with E-state index in [1.807, 2.05) is 18.2 Å². The van der Waals surface area contributed by atoms with Gasteiger partial charge in [0.05, 0.1) is 26.9 Å². The zero-order chi connectivity index (χ0) is 27.6. The van der Waals surface area contributed by atoms with E-state index >= 15 is 0 Å². The van der Waals surface area contributed by atoms with Crippen LogP contribution in [0.25, 0.3) is 6.08 Å². The molecule has 6 nitrogen and oxygen atoms in total. The lowest BCUT2D eigenvalue weighted by Gasteiger charge is -2.28. The van der Waals surface area contributed by atoms with E-state index in [2.05, 4.69) is 13.5 Å². The lowest BCUT2D eigenvalue weighted by molar-refractivity contribution is -0.139. The molecule has 1 aromatic rings. The van der Waals surface area contributed by atoms with Gasteiger partial charge in [-0.15, -0.1) is 0 Å². The number of carbonyl (C=O) groups is 2. The molecule has 0 radical (unpaired) electrons. The quantitative estimate of drug-likeness (QED) is 0.110. The number of ether oxygens (including phenoxy) is 4. The summed E-state index contributed by atoms with van der Waals surface area (Å²) in [7, 11) is 1.63. The minimum atomic E-state index is -0.370. The molecule has 0 amide bonds. The predicted molar refractivity (Wildman–Crippen MR) is 152 cm³/mol. The van der Waals surface area contributed by atoms with Gasteiger partial charge in [-0.05, 0) is 81.1 Å². The van der Waals surface area contributed by atoms with Crippen molar-refractivity contribution in [2.45, 2.75) is 90.9 Å². The second-order valence-corrected chi connectivity index (χ2v) is 10.4. The first-order valence-electron chi connectivity index (χ1n) is 14.4. The molecule has 0 spiro atoms. The van der Waals surface area contributed by atoms with Crippen molar-refractivity contribution >= 4 is 18.0 Å². The highest BCUT2D eigenvalue weighted by atomic mass is 16.5. The standard InChI is InChI=1S/C32H48O6/c1-5-6-9-12-26-13-15-28(16-14-26)24-38-29-19-17-27(23-30(29)35-4)18-20-31(33)36-21-10-7-8-11-22-37-32(34)25(2)3/h17-20,23,26,28H,2,5-16,21-22,24H2,1,3-4H3/b20-18+/t26-,28-. The normalized spacial score (nSPS) is 17.2. The van der Waals surface area contributed by atoms with Crippen molar-refractivity contribution < 1.29 is 28.5 Å². The van der Waals surface area contributed by atoms with E-state index in [4.69, 9.17) is 18.9 Å². The lowest BCUT2D eigenvalue weighted by atomic mass is 9.80. The van der Waals surface area contributed by atoms with E-state index in [0.29, 0.717) is 30.5 Å². The van der Waals surface area contributed by atoms with Gasteiger partial charge in [-0.1, -0.05) is 58.1 Å². The number of rotatable bonds is 18. The van der Waals surface area contributed by atoms with Crippen LogP contribution in [0.4, 0.5) is 0 Å². The molecule has 0 aromatic heterocycles. The largest absolute Gasteiger partial charge is 0.493 e. The van der Waals surface area contributed by atoms with E-state index in [9.17, 15) is 9.59 Å². The van der Waals surface area contributed by atoms with Gasteiger partial charge in [-0.25, -0.2) is 9.59 Å². The van der Waals surface area contributed by atoms with E-state index in [1.54, 1.807) is 20.1 Å². The maximum atomic E-state index is 12.1. The average molecular weight is 529 g/mol. The molecule has 0 atom stereocenters. The monoisotopic (exact) mass is 528 g/mol. The molecule has 0 aliphatic heterocycles. The third kappa shape index (κ3) is 12.7. The minimum absolute atomic E-state index is 0.351. The summed E-state index contributed by atoms with van der Waals surface area (Å²) in [6, 6.07) is 5.71. The Kier molecular flexibility index (Phi) is 15.3. The number of esters is 2. The molecule has 38 heavy (non-hydrogen) atoms. The van der Waals surface area contributed by atoms with Gasteiger partial charge in [0.1, 0.15) is 0 Å².